The number of hydrogen-bond acceptors (Lipinski definition) is 3. The minimum atomic E-state index is -2.06. The van der Waals surface area contributed by atoms with E-state index < -0.39 is 35.6 Å². The van der Waals surface area contributed by atoms with E-state index in [0.29, 0.717) is 5.56 Å². The van der Waals surface area contributed by atoms with E-state index in [1.165, 1.54) is 0 Å². The summed E-state index contributed by atoms with van der Waals surface area (Å²) in [6, 6.07) is 8.51. The topological polar surface area (TPSA) is 91.7 Å². The third kappa shape index (κ3) is 1.82. The Morgan fingerprint density at radius 1 is 1.16 bits per heavy atom. The second-order valence-corrected chi connectivity index (χ2v) is 4.90. The van der Waals surface area contributed by atoms with E-state index >= 15 is 0 Å². The molecule has 5 nitrogen and oxygen atoms in total. The highest BCUT2D eigenvalue weighted by Crippen LogP contribution is 2.51. The molecule has 0 unspecified atom stereocenters. The van der Waals surface area contributed by atoms with Gasteiger partial charge < -0.3 is 10.2 Å². The van der Waals surface area contributed by atoms with Crippen LogP contribution in [-0.2, 0) is 14.4 Å². The van der Waals surface area contributed by atoms with Crippen molar-refractivity contribution in [3.05, 3.63) is 35.9 Å². The van der Waals surface area contributed by atoms with Crippen molar-refractivity contribution in [2.45, 2.75) is 19.3 Å². The first-order valence-electron chi connectivity index (χ1n) is 5.95. The number of carboxylic acids is 2. The zero-order chi connectivity index (χ0) is 14.2. The zero-order valence-corrected chi connectivity index (χ0v) is 10.4. The molecule has 2 atom stereocenters. The highest BCUT2D eigenvalue weighted by molar-refractivity contribution is 6.07. The largest absolute Gasteiger partial charge is 0.480 e. The summed E-state index contributed by atoms with van der Waals surface area (Å²) < 4.78 is 0. The Hall–Kier alpha value is -2.17. The molecule has 2 rings (SSSR count). The summed E-state index contributed by atoms with van der Waals surface area (Å²) in [5, 5.41) is 18.7. The maximum Gasteiger partial charge on any atom is 0.322 e. The van der Waals surface area contributed by atoms with Gasteiger partial charge in [0.15, 0.2) is 5.41 Å². The number of hydrogen-bond donors (Lipinski definition) is 2. The number of Topliss-reactive ketones (excluding diaryl/α,β-unsaturated/α-hetero) is 1. The lowest BCUT2D eigenvalue weighted by Gasteiger charge is -2.28. The number of carboxylic acid groups (broad SMARTS) is 2. The summed E-state index contributed by atoms with van der Waals surface area (Å²) in [5.41, 5.74) is -1.48. The predicted octanol–water partition coefficient (Wildman–Crippen LogP) is 1.53. The van der Waals surface area contributed by atoms with Crippen molar-refractivity contribution in [3.8, 4) is 0 Å². The average Bonchev–Trinajstić information content (AvgIpc) is 2.64. The zero-order valence-electron chi connectivity index (χ0n) is 10.4. The van der Waals surface area contributed by atoms with Crippen LogP contribution in [0.3, 0.4) is 0 Å². The van der Waals surface area contributed by atoms with Gasteiger partial charge in [0.2, 0.25) is 0 Å². The van der Waals surface area contributed by atoms with E-state index in [-0.39, 0.29) is 5.78 Å². The normalized spacial score (nSPS) is 25.2. The molecule has 0 amide bonds. The lowest BCUT2D eigenvalue weighted by molar-refractivity contribution is -0.166. The van der Waals surface area contributed by atoms with Gasteiger partial charge in [0.1, 0.15) is 5.78 Å². The molecule has 100 valence electrons. The first-order chi connectivity index (χ1) is 8.91. The molecule has 0 heterocycles. The molecule has 5 heteroatoms. The van der Waals surface area contributed by atoms with Crippen molar-refractivity contribution in [2.75, 3.05) is 0 Å². The summed E-state index contributed by atoms with van der Waals surface area (Å²) in [6.07, 6.45) is -0.460. The quantitative estimate of drug-likeness (QED) is 0.806. The molecule has 1 aliphatic carbocycles. The fraction of sp³-hybridized carbons (Fsp3) is 0.357. The lowest BCUT2D eigenvalue weighted by Crippen LogP contribution is -2.42. The highest BCUT2D eigenvalue weighted by atomic mass is 16.4. The molecule has 0 aromatic heterocycles. The smallest absolute Gasteiger partial charge is 0.322 e. The summed E-state index contributed by atoms with van der Waals surface area (Å²) in [5.74, 6) is -4.68. The molecule has 1 fully saturated rings. The Balaban J connectivity index is 2.62. The van der Waals surface area contributed by atoms with Crippen LogP contribution < -0.4 is 0 Å². The second kappa shape index (κ2) is 4.50. The van der Waals surface area contributed by atoms with Crippen LogP contribution in [0.25, 0.3) is 0 Å². The Morgan fingerprint density at radius 2 is 1.68 bits per heavy atom. The van der Waals surface area contributed by atoms with E-state index in [4.69, 9.17) is 0 Å². The van der Waals surface area contributed by atoms with E-state index in [1.54, 1.807) is 37.3 Å². The van der Waals surface area contributed by atoms with Gasteiger partial charge in [-0.2, -0.15) is 0 Å². The molecule has 1 saturated carbocycles. The van der Waals surface area contributed by atoms with Crippen LogP contribution in [0.2, 0.25) is 0 Å². The first kappa shape index (κ1) is 13.3. The molecule has 0 saturated heterocycles. The predicted molar refractivity (Wildman–Crippen MR) is 65.7 cm³/mol. The number of carbonyl (C=O) groups is 3. The molecule has 2 N–H and O–H groups in total. The van der Waals surface area contributed by atoms with Gasteiger partial charge in [0.25, 0.3) is 0 Å². The second-order valence-electron chi connectivity index (χ2n) is 4.90. The molecule has 0 spiro atoms. The van der Waals surface area contributed by atoms with Crippen LogP contribution in [0, 0.1) is 11.3 Å². The van der Waals surface area contributed by atoms with Gasteiger partial charge in [-0.15, -0.1) is 0 Å². The van der Waals surface area contributed by atoms with Gasteiger partial charge >= 0.3 is 11.9 Å². The van der Waals surface area contributed by atoms with E-state index in [0.717, 1.165) is 0 Å². The van der Waals surface area contributed by atoms with Crippen molar-refractivity contribution < 1.29 is 24.6 Å². The summed E-state index contributed by atoms with van der Waals surface area (Å²) in [4.78, 5) is 34.9. The van der Waals surface area contributed by atoms with Crippen molar-refractivity contribution in [2.24, 2.45) is 11.3 Å². The Kier molecular flexibility index (Phi) is 3.14. The SMILES string of the molecule is C[C@@H]1C(=O)CC(C(=O)O)(C(=O)O)[C@H]1c1ccccc1. The third-order valence-corrected chi connectivity index (χ3v) is 3.91. The summed E-state index contributed by atoms with van der Waals surface area (Å²) in [7, 11) is 0. The molecule has 1 aromatic rings. The van der Waals surface area contributed by atoms with E-state index in [1.807, 2.05) is 0 Å². The minimum absolute atomic E-state index is 0.321. The minimum Gasteiger partial charge on any atom is -0.480 e. The maximum absolute atomic E-state index is 11.9. The molecule has 1 aromatic carbocycles. The lowest BCUT2D eigenvalue weighted by atomic mass is 9.72. The number of ketones is 1. The summed E-state index contributed by atoms with van der Waals surface area (Å²) >= 11 is 0. The molecule has 1 aliphatic rings. The third-order valence-electron chi connectivity index (χ3n) is 3.91. The van der Waals surface area contributed by atoms with Crippen LogP contribution in [0.15, 0.2) is 30.3 Å². The Morgan fingerprint density at radius 3 is 2.16 bits per heavy atom. The van der Waals surface area contributed by atoms with Crippen molar-refractivity contribution in [3.63, 3.8) is 0 Å². The van der Waals surface area contributed by atoms with Gasteiger partial charge in [-0.25, -0.2) is 0 Å². The van der Waals surface area contributed by atoms with E-state index in [9.17, 15) is 24.6 Å². The fourth-order valence-electron chi connectivity index (χ4n) is 2.90. The van der Waals surface area contributed by atoms with E-state index in [2.05, 4.69) is 0 Å². The van der Waals surface area contributed by atoms with Crippen LogP contribution in [-0.4, -0.2) is 27.9 Å². The van der Waals surface area contributed by atoms with Crippen molar-refractivity contribution >= 4 is 17.7 Å². The van der Waals surface area contributed by atoms with Gasteiger partial charge in [0.05, 0.1) is 0 Å². The average molecular weight is 262 g/mol. The fourth-order valence-corrected chi connectivity index (χ4v) is 2.90. The van der Waals surface area contributed by atoms with Gasteiger partial charge in [-0.1, -0.05) is 37.3 Å². The van der Waals surface area contributed by atoms with Gasteiger partial charge in [0, 0.05) is 18.3 Å². The standard InChI is InChI=1S/C14H14O5/c1-8-10(15)7-14(12(16)17,13(18)19)11(8)9-5-3-2-4-6-9/h2-6,8,11H,7H2,1H3,(H,16,17)(H,18,19)/t8-,11-/m1/s1. The van der Waals surface area contributed by atoms with Crippen molar-refractivity contribution in [1.29, 1.82) is 0 Å². The monoisotopic (exact) mass is 262 g/mol. The van der Waals surface area contributed by atoms with Gasteiger partial charge in [-0.05, 0) is 5.56 Å². The Bertz CT molecular complexity index is 520. The summed E-state index contributed by atoms with van der Waals surface area (Å²) in [6.45, 7) is 1.59. The van der Waals surface area contributed by atoms with Crippen molar-refractivity contribution in [1.82, 2.24) is 0 Å². The Labute approximate surface area is 109 Å². The molecule has 0 radical (unpaired) electrons. The molecular weight excluding hydrogens is 248 g/mol. The maximum atomic E-state index is 11.9. The number of benzene rings is 1. The number of carbonyl (C=O) groups excluding carboxylic acids is 1. The first-order valence-corrected chi connectivity index (χ1v) is 5.95. The van der Waals surface area contributed by atoms with Crippen LogP contribution in [0.4, 0.5) is 0 Å². The molecule has 0 aliphatic heterocycles. The van der Waals surface area contributed by atoms with Gasteiger partial charge in [-0.3, -0.25) is 14.4 Å². The van der Waals surface area contributed by atoms with Crippen LogP contribution in [0.1, 0.15) is 24.8 Å². The number of aliphatic carboxylic acids is 2. The molecule has 0 bridgehead atoms. The number of rotatable bonds is 3. The van der Waals surface area contributed by atoms with Crippen LogP contribution >= 0.6 is 0 Å². The molecular formula is C14H14O5. The molecule has 19 heavy (non-hydrogen) atoms. The highest BCUT2D eigenvalue weighted by Gasteiger charge is 2.62. The van der Waals surface area contributed by atoms with Crippen LogP contribution in [0.5, 0.6) is 0 Å².